The molecule has 0 atom stereocenters. The lowest BCUT2D eigenvalue weighted by Crippen LogP contribution is -2.21. The number of sulfonamides is 1. The summed E-state index contributed by atoms with van der Waals surface area (Å²) in [5.74, 6) is 5.66. The van der Waals surface area contributed by atoms with Crippen molar-refractivity contribution < 1.29 is 8.42 Å². The highest BCUT2D eigenvalue weighted by molar-refractivity contribution is 7.91. The Morgan fingerprint density at radius 1 is 1.25 bits per heavy atom. The van der Waals surface area contributed by atoms with Crippen LogP contribution in [0.3, 0.4) is 0 Å². The minimum Gasteiger partial charge on any atom is -0.320 e. The number of nitrogens with one attached hydrogen (secondary N) is 1. The van der Waals surface area contributed by atoms with Gasteiger partial charge in [0, 0.05) is 11.4 Å². The molecule has 2 rings (SSSR count). The SMILES string of the molecule is NCC#Cc1ccc(CNS(=O)(=O)c2ccc(Cl)s2)s1. The zero-order valence-corrected chi connectivity index (χ0v) is 13.4. The average molecular weight is 347 g/mol. The first kappa shape index (κ1) is 15.5. The lowest BCUT2D eigenvalue weighted by atomic mass is 10.4. The first-order valence-corrected chi connectivity index (χ1v) is 9.03. The molecule has 0 saturated heterocycles. The Hall–Kier alpha value is -0.880. The number of hydrogen-bond donors (Lipinski definition) is 2. The van der Waals surface area contributed by atoms with Crippen LogP contribution in [-0.2, 0) is 16.6 Å². The van der Waals surface area contributed by atoms with Crippen LogP contribution in [0, 0.1) is 11.8 Å². The van der Waals surface area contributed by atoms with Gasteiger partial charge in [0.2, 0.25) is 10.0 Å². The topological polar surface area (TPSA) is 72.2 Å². The Morgan fingerprint density at radius 2 is 2.05 bits per heavy atom. The molecule has 0 spiro atoms. The second-order valence-corrected chi connectivity index (χ2v) is 8.53. The molecule has 2 heterocycles. The number of hydrogen-bond acceptors (Lipinski definition) is 5. The van der Waals surface area contributed by atoms with E-state index in [0.717, 1.165) is 21.1 Å². The first-order chi connectivity index (χ1) is 9.51. The molecule has 0 aliphatic rings. The van der Waals surface area contributed by atoms with Gasteiger partial charge in [-0.05, 0) is 24.3 Å². The van der Waals surface area contributed by atoms with Gasteiger partial charge in [-0.25, -0.2) is 13.1 Å². The third-order valence-electron chi connectivity index (χ3n) is 2.23. The third kappa shape index (κ3) is 4.06. The molecule has 0 bridgehead atoms. The summed E-state index contributed by atoms with van der Waals surface area (Å²) in [5, 5.41) is 0. The molecule has 0 aliphatic carbocycles. The normalized spacial score (nSPS) is 11.1. The van der Waals surface area contributed by atoms with Crippen molar-refractivity contribution in [3.05, 3.63) is 38.4 Å². The van der Waals surface area contributed by atoms with E-state index in [2.05, 4.69) is 16.6 Å². The Kier molecular flexibility index (Phi) is 5.21. The molecule has 0 unspecified atom stereocenters. The van der Waals surface area contributed by atoms with E-state index in [9.17, 15) is 8.42 Å². The van der Waals surface area contributed by atoms with Crippen molar-refractivity contribution in [2.45, 2.75) is 10.8 Å². The minimum atomic E-state index is -3.51. The van der Waals surface area contributed by atoms with Crippen LogP contribution in [0.1, 0.15) is 9.75 Å². The molecule has 106 valence electrons. The highest BCUT2D eigenvalue weighted by Gasteiger charge is 2.16. The Bertz CT molecular complexity index is 753. The summed E-state index contributed by atoms with van der Waals surface area (Å²) in [6.45, 7) is 0.534. The van der Waals surface area contributed by atoms with Gasteiger partial charge in [-0.1, -0.05) is 23.4 Å². The van der Waals surface area contributed by atoms with Crippen LogP contribution in [0.25, 0.3) is 0 Å². The van der Waals surface area contributed by atoms with Crippen molar-refractivity contribution in [2.75, 3.05) is 6.54 Å². The molecule has 0 radical (unpaired) electrons. The van der Waals surface area contributed by atoms with Crippen LogP contribution in [0.4, 0.5) is 0 Å². The molecule has 0 fully saturated rings. The number of rotatable bonds is 4. The summed E-state index contributed by atoms with van der Waals surface area (Å²) >= 11 is 8.20. The van der Waals surface area contributed by atoms with Crippen molar-refractivity contribution in [2.24, 2.45) is 5.73 Å². The van der Waals surface area contributed by atoms with Crippen LogP contribution in [0.5, 0.6) is 0 Å². The molecule has 8 heteroatoms. The highest BCUT2D eigenvalue weighted by Crippen LogP contribution is 2.25. The Labute approximate surface area is 130 Å². The summed E-state index contributed by atoms with van der Waals surface area (Å²) < 4.78 is 27.2. The van der Waals surface area contributed by atoms with Crippen LogP contribution < -0.4 is 10.5 Å². The van der Waals surface area contributed by atoms with Gasteiger partial charge in [-0.2, -0.15) is 0 Å². The molecular weight excluding hydrogens is 336 g/mol. The maximum Gasteiger partial charge on any atom is 0.250 e. The van der Waals surface area contributed by atoms with Crippen LogP contribution in [0.15, 0.2) is 28.5 Å². The maximum atomic E-state index is 12.0. The van der Waals surface area contributed by atoms with E-state index in [1.165, 1.54) is 17.4 Å². The Morgan fingerprint density at radius 3 is 2.70 bits per heavy atom. The van der Waals surface area contributed by atoms with E-state index in [0.29, 0.717) is 10.9 Å². The van der Waals surface area contributed by atoms with Gasteiger partial charge in [0.1, 0.15) is 4.21 Å². The van der Waals surface area contributed by atoms with Crippen molar-refractivity contribution in [3.8, 4) is 11.8 Å². The number of halogens is 1. The van der Waals surface area contributed by atoms with E-state index < -0.39 is 10.0 Å². The van der Waals surface area contributed by atoms with E-state index in [-0.39, 0.29) is 10.8 Å². The molecule has 0 aliphatic heterocycles. The van der Waals surface area contributed by atoms with E-state index in [4.69, 9.17) is 17.3 Å². The summed E-state index contributed by atoms with van der Waals surface area (Å²) in [6.07, 6.45) is 0. The standard InChI is InChI=1S/C12H11ClN2O2S3/c13-11-5-6-12(19-11)20(16,17)15-8-10-4-3-9(18-10)2-1-7-14/h3-6,15H,7-8,14H2. The van der Waals surface area contributed by atoms with Gasteiger partial charge < -0.3 is 5.73 Å². The minimum absolute atomic E-state index is 0.210. The van der Waals surface area contributed by atoms with Gasteiger partial charge in [0.05, 0.1) is 15.8 Å². The predicted octanol–water partition coefficient (Wildman–Crippen LogP) is 2.25. The zero-order chi connectivity index (χ0) is 14.6. The summed E-state index contributed by atoms with van der Waals surface area (Å²) in [4.78, 5) is 1.75. The quantitative estimate of drug-likeness (QED) is 0.834. The van der Waals surface area contributed by atoms with Crippen molar-refractivity contribution >= 4 is 44.3 Å². The van der Waals surface area contributed by atoms with Gasteiger partial charge in [-0.3, -0.25) is 0 Å². The molecule has 3 N–H and O–H groups in total. The van der Waals surface area contributed by atoms with E-state index >= 15 is 0 Å². The fraction of sp³-hybridized carbons (Fsp3) is 0.167. The summed E-state index contributed by atoms with van der Waals surface area (Å²) in [7, 11) is -3.51. The number of nitrogens with two attached hydrogens (primary N) is 1. The fourth-order valence-corrected chi connectivity index (χ4v) is 4.81. The molecule has 4 nitrogen and oxygen atoms in total. The molecule has 2 aromatic rings. The van der Waals surface area contributed by atoms with Crippen molar-refractivity contribution in [1.82, 2.24) is 4.72 Å². The molecule has 20 heavy (non-hydrogen) atoms. The van der Waals surface area contributed by atoms with Gasteiger partial charge >= 0.3 is 0 Å². The second kappa shape index (κ2) is 6.72. The fourth-order valence-electron chi connectivity index (χ4n) is 1.36. The molecule has 0 aromatic carbocycles. The predicted molar refractivity (Wildman–Crippen MR) is 83.6 cm³/mol. The van der Waals surface area contributed by atoms with Crippen molar-refractivity contribution in [1.29, 1.82) is 0 Å². The van der Waals surface area contributed by atoms with E-state index in [1.54, 1.807) is 6.07 Å². The number of thiophene rings is 2. The molecule has 0 saturated carbocycles. The molecule has 0 amide bonds. The van der Waals surface area contributed by atoms with Gasteiger partial charge in [-0.15, -0.1) is 22.7 Å². The zero-order valence-electron chi connectivity index (χ0n) is 10.2. The molecule has 2 aromatic heterocycles. The monoisotopic (exact) mass is 346 g/mol. The van der Waals surface area contributed by atoms with Crippen LogP contribution in [0.2, 0.25) is 4.34 Å². The Balaban J connectivity index is 2.03. The third-order valence-corrected chi connectivity index (χ3v) is 6.35. The molecular formula is C12H11ClN2O2S3. The first-order valence-electron chi connectivity index (χ1n) is 5.54. The largest absolute Gasteiger partial charge is 0.320 e. The maximum absolute atomic E-state index is 12.0. The van der Waals surface area contributed by atoms with E-state index in [1.807, 2.05) is 12.1 Å². The van der Waals surface area contributed by atoms with Gasteiger partial charge in [0.25, 0.3) is 0 Å². The summed E-state index contributed by atoms with van der Waals surface area (Å²) in [5.41, 5.74) is 5.30. The second-order valence-electron chi connectivity index (χ2n) is 3.65. The van der Waals surface area contributed by atoms with Crippen LogP contribution in [-0.4, -0.2) is 15.0 Å². The summed E-state index contributed by atoms with van der Waals surface area (Å²) in [6, 6.07) is 6.74. The highest BCUT2D eigenvalue weighted by atomic mass is 35.5. The smallest absolute Gasteiger partial charge is 0.250 e. The van der Waals surface area contributed by atoms with Crippen molar-refractivity contribution in [3.63, 3.8) is 0 Å². The lowest BCUT2D eigenvalue weighted by molar-refractivity contribution is 0.584. The average Bonchev–Trinajstić information content (AvgIpc) is 3.03. The lowest BCUT2D eigenvalue weighted by Gasteiger charge is -2.02. The van der Waals surface area contributed by atoms with Crippen LogP contribution >= 0.6 is 34.3 Å². The van der Waals surface area contributed by atoms with Gasteiger partial charge in [0.15, 0.2) is 0 Å².